The van der Waals surface area contributed by atoms with E-state index in [0.29, 0.717) is 38.3 Å². The maximum atomic E-state index is 12.5. The number of hydrogen-bond donors (Lipinski definition) is 2. The van der Waals surface area contributed by atoms with Gasteiger partial charge in [0.2, 0.25) is 0 Å². The molecule has 1 aliphatic rings. The van der Waals surface area contributed by atoms with Crippen molar-refractivity contribution in [2.24, 2.45) is 4.99 Å². The fourth-order valence-electron chi connectivity index (χ4n) is 3.39. The average Bonchev–Trinajstić information content (AvgIpc) is 3.22. The number of benzene rings is 3. The Balaban J connectivity index is 1.48. The molecule has 0 unspecified atom stereocenters. The predicted molar refractivity (Wildman–Crippen MR) is 147 cm³/mol. The van der Waals surface area contributed by atoms with Crippen molar-refractivity contribution in [1.29, 1.82) is 0 Å². The van der Waals surface area contributed by atoms with Gasteiger partial charge in [-0.25, -0.2) is 9.79 Å². The molecule has 37 heavy (non-hydrogen) atoms. The molecule has 0 aliphatic carbocycles. The van der Waals surface area contributed by atoms with Crippen molar-refractivity contribution in [3.63, 3.8) is 0 Å². The summed E-state index contributed by atoms with van der Waals surface area (Å²) in [5.74, 6) is 0.515. The van der Waals surface area contributed by atoms with Crippen LogP contribution in [0.25, 0.3) is 6.08 Å². The number of nitrogens with one attached hydrogen (secondary N) is 1. The van der Waals surface area contributed by atoms with Crippen LogP contribution in [0.2, 0.25) is 0 Å². The predicted octanol–water partition coefficient (Wildman–Crippen LogP) is 6.03. The molecule has 0 spiro atoms. The summed E-state index contributed by atoms with van der Waals surface area (Å²) >= 11 is 4.77. The monoisotopic (exact) mass is 582 g/mol. The molecule has 3 aromatic carbocycles. The van der Waals surface area contributed by atoms with E-state index in [9.17, 15) is 9.59 Å². The Bertz CT molecular complexity index is 1370. The number of aliphatic imine (C=N–C) groups is 1. The van der Waals surface area contributed by atoms with Crippen molar-refractivity contribution < 1.29 is 28.9 Å². The summed E-state index contributed by atoms with van der Waals surface area (Å²) in [6.07, 6.45) is 1.75. The lowest BCUT2D eigenvalue weighted by molar-refractivity contribution is -0.115. The van der Waals surface area contributed by atoms with Crippen molar-refractivity contribution in [2.75, 3.05) is 13.7 Å². The average molecular weight is 583 g/mol. The Morgan fingerprint density at radius 3 is 2.49 bits per heavy atom. The lowest BCUT2D eigenvalue weighted by Gasteiger charge is -2.14. The van der Waals surface area contributed by atoms with Crippen molar-refractivity contribution in [3.05, 3.63) is 86.7 Å². The summed E-state index contributed by atoms with van der Waals surface area (Å²) in [4.78, 5) is 28.6. The Morgan fingerprint density at radius 2 is 1.84 bits per heavy atom. The Morgan fingerprint density at radius 1 is 1.11 bits per heavy atom. The first-order chi connectivity index (χ1) is 17.9. The topological polar surface area (TPSA) is 106 Å². The van der Waals surface area contributed by atoms with Gasteiger partial charge in [0.05, 0.1) is 34.3 Å². The minimum Gasteiger partial charge on any atom is -0.494 e. The number of carbonyl (C=O) groups excluding carboxylic acids is 1. The number of carbonyl (C=O) groups is 2. The summed E-state index contributed by atoms with van der Waals surface area (Å²) < 4.78 is 17.6. The zero-order valence-corrected chi connectivity index (χ0v) is 22.4. The van der Waals surface area contributed by atoms with Crippen LogP contribution in [0.5, 0.6) is 17.2 Å². The van der Waals surface area contributed by atoms with Crippen molar-refractivity contribution in [2.45, 2.75) is 13.5 Å². The third kappa shape index (κ3) is 6.72. The first-order valence-electron chi connectivity index (χ1n) is 11.2. The van der Waals surface area contributed by atoms with Gasteiger partial charge in [-0.3, -0.25) is 4.79 Å². The van der Waals surface area contributed by atoms with Gasteiger partial charge in [-0.1, -0.05) is 12.1 Å². The molecule has 8 nitrogen and oxygen atoms in total. The van der Waals surface area contributed by atoms with Crippen LogP contribution in [0.3, 0.4) is 0 Å². The van der Waals surface area contributed by atoms with Gasteiger partial charge in [-0.15, -0.1) is 0 Å². The molecule has 0 radical (unpaired) electrons. The number of methoxy groups -OCH3 is 1. The largest absolute Gasteiger partial charge is 0.494 e. The Hall–Kier alpha value is -3.76. The number of carboxylic acid groups (broad SMARTS) is 1. The van der Waals surface area contributed by atoms with Crippen LogP contribution in [-0.2, 0) is 11.4 Å². The highest BCUT2D eigenvalue weighted by atomic mass is 79.9. The molecule has 1 aliphatic heterocycles. The molecule has 0 atom stereocenters. The van der Waals surface area contributed by atoms with Gasteiger partial charge in [0.1, 0.15) is 12.4 Å². The standard InChI is InChI=1S/C27H23BrN2O6S/c1-3-35-20-10-8-19(9-11-20)29-27-30-25(31)23(37-27)14-17-12-21(28)24(22(13-17)34-2)36-15-16-4-6-18(7-5-16)26(32)33/h4-14H,3,15H2,1-2H3,(H,32,33)(H,29,30,31)/b23-14+. The van der Waals surface area contributed by atoms with Gasteiger partial charge in [0.15, 0.2) is 16.7 Å². The van der Waals surface area contributed by atoms with Gasteiger partial charge in [-0.2, -0.15) is 0 Å². The minimum absolute atomic E-state index is 0.210. The summed E-state index contributed by atoms with van der Waals surface area (Å²) in [6.45, 7) is 2.73. The first-order valence-corrected chi connectivity index (χ1v) is 12.8. The van der Waals surface area contributed by atoms with Crippen LogP contribution in [0.4, 0.5) is 5.69 Å². The number of aromatic carboxylic acids is 1. The number of thioether (sulfide) groups is 1. The molecule has 10 heteroatoms. The Kier molecular flexibility index (Phi) is 8.52. The van der Waals surface area contributed by atoms with Gasteiger partial charge >= 0.3 is 5.97 Å². The van der Waals surface area contributed by atoms with Crippen LogP contribution in [-0.4, -0.2) is 35.9 Å². The lowest BCUT2D eigenvalue weighted by Crippen LogP contribution is -2.19. The second-order valence-electron chi connectivity index (χ2n) is 7.73. The highest BCUT2D eigenvalue weighted by molar-refractivity contribution is 9.10. The molecule has 4 rings (SSSR count). The normalized spacial score (nSPS) is 15.1. The minimum atomic E-state index is -0.981. The Labute approximate surface area is 226 Å². The molecule has 0 bridgehead atoms. The van der Waals surface area contributed by atoms with Crippen LogP contribution in [0.1, 0.15) is 28.4 Å². The zero-order valence-electron chi connectivity index (χ0n) is 20.0. The van der Waals surface area contributed by atoms with Gasteiger partial charge in [-0.05, 0) is 100 Å². The number of amides is 1. The molecule has 1 amide bonds. The summed E-state index contributed by atoms with van der Waals surface area (Å²) in [6, 6.07) is 17.4. The smallest absolute Gasteiger partial charge is 0.335 e. The number of carboxylic acids is 1. The maximum Gasteiger partial charge on any atom is 0.335 e. The summed E-state index contributed by atoms with van der Waals surface area (Å²) in [7, 11) is 1.53. The molecule has 190 valence electrons. The van der Waals surface area contributed by atoms with Gasteiger partial charge < -0.3 is 24.6 Å². The molecule has 2 N–H and O–H groups in total. The van der Waals surface area contributed by atoms with E-state index < -0.39 is 5.97 Å². The molecule has 1 fully saturated rings. The second kappa shape index (κ2) is 12.0. The number of nitrogens with zero attached hydrogens (tertiary/aromatic N) is 1. The fraction of sp³-hybridized carbons (Fsp3) is 0.148. The van der Waals surface area contributed by atoms with Crippen LogP contribution >= 0.6 is 27.7 Å². The van der Waals surface area contributed by atoms with E-state index in [1.807, 2.05) is 37.3 Å². The maximum absolute atomic E-state index is 12.5. The zero-order chi connectivity index (χ0) is 26.4. The SMILES string of the molecule is CCOc1ccc(N=C2NC(=O)/C(=C\c3cc(Br)c(OCc4ccc(C(=O)O)cc4)c(OC)c3)S2)cc1. The molecule has 3 aromatic rings. The number of rotatable bonds is 9. The van der Waals surface area contributed by atoms with Crippen molar-refractivity contribution in [3.8, 4) is 17.2 Å². The van der Waals surface area contributed by atoms with Crippen LogP contribution < -0.4 is 19.5 Å². The van der Waals surface area contributed by atoms with E-state index in [2.05, 4.69) is 26.2 Å². The molecule has 1 heterocycles. The van der Waals surface area contributed by atoms with E-state index in [1.165, 1.54) is 31.0 Å². The number of hydrogen-bond acceptors (Lipinski definition) is 7. The third-order valence-electron chi connectivity index (χ3n) is 5.16. The van der Waals surface area contributed by atoms with E-state index in [1.54, 1.807) is 24.3 Å². The van der Waals surface area contributed by atoms with E-state index >= 15 is 0 Å². The van der Waals surface area contributed by atoms with Gasteiger partial charge in [0.25, 0.3) is 5.91 Å². The lowest BCUT2D eigenvalue weighted by atomic mass is 10.1. The summed E-state index contributed by atoms with van der Waals surface area (Å²) in [5.41, 5.74) is 2.46. The number of ether oxygens (including phenoxy) is 3. The van der Waals surface area contributed by atoms with Crippen LogP contribution in [0.15, 0.2) is 75.0 Å². The van der Waals surface area contributed by atoms with Crippen molar-refractivity contribution >= 4 is 56.5 Å². The molecular weight excluding hydrogens is 560 g/mol. The van der Waals surface area contributed by atoms with Crippen LogP contribution in [0, 0.1) is 0 Å². The quantitative estimate of drug-likeness (QED) is 0.297. The number of halogens is 1. The fourth-order valence-corrected chi connectivity index (χ4v) is 4.81. The molecule has 1 saturated heterocycles. The van der Waals surface area contributed by atoms with E-state index in [-0.39, 0.29) is 18.1 Å². The number of amidine groups is 1. The first kappa shape index (κ1) is 26.3. The third-order valence-corrected chi connectivity index (χ3v) is 6.66. The van der Waals surface area contributed by atoms with E-state index in [0.717, 1.165) is 16.9 Å². The highest BCUT2D eigenvalue weighted by Gasteiger charge is 2.24. The second-order valence-corrected chi connectivity index (χ2v) is 9.62. The molecule has 0 saturated carbocycles. The highest BCUT2D eigenvalue weighted by Crippen LogP contribution is 2.39. The molecule has 0 aromatic heterocycles. The molecular formula is C27H23BrN2O6S. The van der Waals surface area contributed by atoms with Gasteiger partial charge in [0, 0.05) is 0 Å². The van der Waals surface area contributed by atoms with Crippen molar-refractivity contribution in [1.82, 2.24) is 5.32 Å². The van der Waals surface area contributed by atoms with E-state index in [4.69, 9.17) is 19.3 Å². The summed E-state index contributed by atoms with van der Waals surface area (Å²) in [5, 5.41) is 12.3.